The number of H-pyrrole nitrogens is 1. The fourth-order valence-electron chi connectivity index (χ4n) is 1.83. The van der Waals surface area contributed by atoms with Crippen LogP contribution in [0.4, 0.5) is 10.1 Å². The minimum atomic E-state index is -0.192. The van der Waals surface area contributed by atoms with Crippen LogP contribution in [-0.4, -0.2) is 15.2 Å². The van der Waals surface area contributed by atoms with Gasteiger partial charge in [0.05, 0.1) is 0 Å². The number of anilines is 1. The number of aromatic nitrogens is 3. The maximum atomic E-state index is 13.5. The molecule has 3 rings (SSSR count). The first kappa shape index (κ1) is 13.6. The topological polar surface area (TPSA) is 53.6 Å². The summed E-state index contributed by atoms with van der Waals surface area (Å²) in [6.07, 6.45) is 1.48. The van der Waals surface area contributed by atoms with Gasteiger partial charge in [-0.05, 0) is 30.3 Å². The number of hydrogen-bond acceptors (Lipinski definition) is 4. The van der Waals surface area contributed by atoms with Crippen molar-refractivity contribution in [3.05, 3.63) is 66.2 Å². The van der Waals surface area contributed by atoms with Crippen LogP contribution in [0.5, 0.6) is 0 Å². The normalized spacial score (nSPS) is 10.5. The largest absolute Gasteiger partial charge is 0.381 e. The molecule has 2 aromatic carbocycles. The van der Waals surface area contributed by atoms with Gasteiger partial charge >= 0.3 is 0 Å². The van der Waals surface area contributed by atoms with Gasteiger partial charge in [0.25, 0.3) is 0 Å². The first-order chi connectivity index (χ1) is 10.3. The predicted molar refractivity (Wildman–Crippen MR) is 80.7 cm³/mol. The molecule has 2 N–H and O–H groups in total. The molecule has 0 fully saturated rings. The second kappa shape index (κ2) is 6.41. The molecule has 0 atom stereocenters. The Bertz CT molecular complexity index is 698. The highest BCUT2D eigenvalue weighted by Crippen LogP contribution is 2.25. The molecule has 0 radical (unpaired) electrons. The van der Waals surface area contributed by atoms with Crippen LogP contribution in [0.3, 0.4) is 0 Å². The van der Waals surface area contributed by atoms with Crippen molar-refractivity contribution in [1.82, 2.24) is 15.2 Å². The van der Waals surface area contributed by atoms with Crippen LogP contribution in [0.2, 0.25) is 0 Å². The molecule has 1 aromatic heterocycles. The lowest BCUT2D eigenvalue weighted by Crippen LogP contribution is -2.01. The number of nitrogens with zero attached hydrogens (tertiary/aromatic N) is 2. The van der Waals surface area contributed by atoms with Gasteiger partial charge in [-0.3, -0.25) is 5.10 Å². The summed E-state index contributed by atoms with van der Waals surface area (Å²) in [5.74, 6) is -0.192. The molecule has 0 unspecified atom stereocenters. The maximum absolute atomic E-state index is 13.5. The smallest absolute Gasteiger partial charge is 0.188 e. The van der Waals surface area contributed by atoms with E-state index >= 15 is 0 Å². The Labute approximate surface area is 125 Å². The van der Waals surface area contributed by atoms with Gasteiger partial charge in [0.15, 0.2) is 5.16 Å². The Morgan fingerprint density at radius 3 is 2.62 bits per heavy atom. The van der Waals surface area contributed by atoms with Crippen molar-refractivity contribution < 1.29 is 4.39 Å². The van der Waals surface area contributed by atoms with Crippen molar-refractivity contribution in [2.45, 2.75) is 16.6 Å². The lowest BCUT2D eigenvalue weighted by atomic mass is 10.2. The molecule has 0 aliphatic heterocycles. The Hall–Kier alpha value is -2.34. The second-order valence-electron chi connectivity index (χ2n) is 4.36. The van der Waals surface area contributed by atoms with E-state index in [-0.39, 0.29) is 5.82 Å². The van der Waals surface area contributed by atoms with Gasteiger partial charge in [0, 0.05) is 22.7 Å². The molecule has 0 aliphatic carbocycles. The summed E-state index contributed by atoms with van der Waals surface area (Å²) in [6, 6.07) is 14.6. The van der Waals surface area contributed by atoms with Crippen molar-refractivity contribution >= 4 is 17.4 Å². The summed E-state index contributed by atoms with van der Waals surface area (Å²) in [5.41, 5.74) is 1.60. The van der Waals surface area contributed by atoms with Gasteiger partial charge in [0.2, 0.25) is 0 Å². The highest BCUT2D eigenvalue weighted by atomic mass is 32.2. The molecule has 0 saturated heterocycles. The molecule has 6 heteroatoms. The third kappa shape index (κ3) is 3.61. The van der Waals surface area contributed by atoms with Crippen molar-refractivity contribution in [3.63, 3.8) is 0 Å². The molecule has 106 valence electrons. The summed E-state index contributed by atoms with van der Waals surface area (Å²) in [4.78, 5) is 5.12. The van der Waals surface area contributed by atoms with E-state index in [1.54, 1.807) is 12.1 Å². The number of aromatic amines is 1. The Kier molecular flexibility index (Phi) is 4.16. The SMILES string of the molecule is Fc1ccccc1CNc1ccc(Sc2ncn[nH]2)cc1. The Morgan fingerprint density at radius 2 is 1.90 bits per heavy atom. The second-order valence-corrected chi connectivity index (χ2v) is 5.42. The van der Waals surface area contributed by atoms with Gasteiger partial charge in [-0.15, -0.1) is 0 Å². The molecule has 0 bridgehead atoms. The van der Waals surface area contributed by atoms with Crippen LogP contribution < -0.4 is 5.32 Å². The van der Waals surface area contributed by atoms with Crippen LogP contribution in [0.1, 0.15) is 5.56 Å². The van der Waals surface area contributed by atoms with Crippen LogP contribution in [0, 0.1) is 5.82 Å². The fraction of sp³-hybridized carbons (Fsp3) is 0.0667. The van der Waals surface area contributed by atoms with Crippen molar-refractivity contribution in [3.8, 4) is 0 Å². The van der Waals surface area contributed by atoms with Crippen LogP contribution >= 0.6 is 11.8 Å². The van der Waals surface area contributed by atoms with E-state index in [0.717, 1.165) is 15.7 Å². The minimum absolute atomic E-state index is 0.192. The first-order valence-electron chi connectivity index (χ1n) is 6.42. The summed E-state index contributed by atoms with van der Waals surface area (Å²) < 4.78 is 13.5. The van der Waals surface area contributed by atoms with E-state index in [2.05, 4.69) is 20.5 Å². The molecule has 4 nitrogen and oxygen atoms in total. The van der Waals surface area contributed by atoms with E-state index in [1.165, 1.54) is 24.2 Å². The lowest BCUT2D eigenvalue weighted by molar-refractivity contribution is 0.613. The number of hydrogen-bond donors (Lipinski definition) is 2. The van der Waals surface area contributed by atoms with Crippen LogP contribution in [-0.2, 0) is 6.54 Å². The van der Waals surface area contributed by atoms with Crippen molar-refractivity contribution in [2.75, 3.05) is 5.32 Å². The third-order valence-corrected chi connectivity index (χ3v) is 3.80. The molecular weight excluding hydrogens is 287 g/mol. The van der Waals surface area contributed by atoms with Crippen LogP contribution in [0.15, 0.2) is 64.9 Å². The van der Waals surface area contributed by atoms with Crippen molar-refractivity contribution in [2.24, 2.45) is 0 Å². The highest BCUT2D eigenvalue weighted by Gasteiger charge is 2.02. The average molecular weight is 300 g/mol. The number of nitrogens with one attached hydrogen (secondary N) is 2. The molecule has 0 amide bonds. The molecule has 1 heterocycles. The quantitative estimate of drug-likeness (QED) is 0.754. The minimum Gasteiger partial charge on any atom is -0.381 e. The standard InChI is InChI=1S/C15H13FN4S/c16-14-4-2-1-3-11(14)9-17-12-5-7-13(8-6-12)21-15-18-10-19-20-15/h1-8,10,17H,9H2,(H,18,19,20). The van der Waals surface area contributed by atoms with Gasteiger partial charge < -0.3 is 5.32 Å². The first-order valence-corrected chi connectivity index (χ1v) is 7.23. The van der Waals surface area contributed by atoms with Gasteiger partial charge in [0.1, 0.15) is 12.1 Å². The Morgan fingerprint density at radius 1 is 1.10 bits per heavy atom. The Balaban J connectivity index is 1.61. The fourth-order valence-corrected chi connectivity index (χ4v) is 2.53. The summed E-state index contributed by atoms with van der Waals surface area (Å²) in [6.45, 7) is 0.460. The zero-order valence-corrected chi connectivity index (χ0v) is 11.9. The molecule has 0 saturated carbocycles. The van der Waals surface area contributed by atoms with E-state index in [1.807, 2.05) is 30.3 Å². The van der Waals surface area contributed by atoms with Gasteiger partial charge in [-0.25, -0.2) is 9.37 Å². The summed E-state index contributed by atoms with van der Waals surface area (Å²) >= 11 is 1.50. The third-order valence-electron chi connectivity index (χ3n) is 2.90. The predicted octanol–water partition coefficient (Wildman–Crippen LogP) is 3.71. The highest BCUT2D eigenvalue weighted by molar-refractivity contribution is 7.99. The van der Waals surface area contributed by atoms with E-state index in [0.29, 0.717) is 12.1 Å². The van der Waals surface area contributed by atoms with E-state index in [9.17, 15) is 4.39 Å². The lowest BCUT2D eigenvalue weighted by Gasteiger charge is -2.08. The van der Waals surface area contributed by atoms with Crippen LogP contribution in [0.25, 0.3) is 0 Å². The van der Waals surface area contributed by atoms with E-state index < -0.39 is 0 Å². The molecular formula is C15H13FN4S. The maximum Gasteiger partial charge on any atom is 0.188 e. The number of rotatable bonds is 5. The molecule has 0 aliphatic rings. The average Bonchev–Trinajstić information content (AvgIpc) is 3.01. The van der Waals surface area contributed by atoms with Crippen molar-refractivity contribution in [1.29, 1.82) is 0 Å². The van der Waals surface area contributed by atoms with Gasteiger partial charge in [-0.1, -0.05) is 30.0 Å². The molecule has 0 spiro atoms. The number of benzene rings is 2. The zero-order valence-electron chi connectivity index (χ0n) is 11.1. The summed E-state index contributed by atoms with van der Waals surface area (Å²) in [7, 11) is 0. The van der Waals surface area contributed by atoms with E-state index in [4.69, 9.17) is 0 Å². The monoisotopic (exact) mass is 300 g/mol. The molecule has 21 heavy (non-hydrogen) atoms. The summed E-state index contributed by atoms with van der Waals surface area (Å²) in [5, 5.41) is 10.6. The number of halogens is 1. The van der Waals surface area contributed by atoms with Gasteiger partial charge in [-0.2, -0.15) is 5.10 Å². The zero-order chi connectivity index (χ0) is 14.5. The molecule has 3 aromatic rings.